The normalized spacial score (nSPS) is 10.7. The third-order valence-corrected chi connectivity index (χ3v) is 3.18. The maximum atomic E-state index is 12.0. The highest BCUT2D eigenvalue weighted by molar-refractivity contribution is 5.90. The van der Waals surface area contributed by atoms with Crippen LogP contribution in [0.25, 0.3) is 11.1 Å². The van der Waals surface area contributed by atoms with Crippen LogP contribution in [-0.2, 0) is 4.74 Å². The average Bonchev–Trinajstić information content (AvgIpc) is 2.52. The van der Waals surface area contributed by atoms with E-state index in [4.69, 9.17) is 9.47 Å². The molecular formula is C19H19NO3. The maximum absolute atomic E-state index is 12.0. The molecule has 0 aromatic heterocycles. The SMILES string of the molecule is COc1ccc(-c2ccc(C(=O)OC(C)(C)C)cc2)c(C#N)c1. The molecule has 2 aromatic rings. The third kappa shape index (κ3) is 4.10. The summed E-state index contributed by atoms with van der Waals surface area (Å²) in [6.45, 7) is 5.49. The Morgan fingerprint density at radius 1 is 1.09 bits per heavy atom. The standard InChI is InChI=1S/C19H19NO3/c1-19(2,3)23-18(21)14-7-5-13(6-8-14)17-10-9-16(22-4)11-15(17)12-20/h5-11H,1-4H3. The highest BCUT2D eigenvalue weighted by Crippen LogP contribution is 2.27. The minimum Gasteiger partial charge on any atom is -0.497 e. The molecule has 0 saturated carbocycles. The first-order chi connectivity index (χ1) is 10.8. The summed E-state index contributed by atoms with van der Waals surface area (Å²) in [5.41, 5.74) is 2.13. The number of rotatable bonds is 3. The molecule has 0 atom stereocenters. The largest absolute Gasteiger partial charge is 0.497 e. The third-order valence-electron chi connectivity index (χ3n) is 3.18. The quantitative estimate of drug-likeness (QED) is 0.798. The Morgan fingerprint density at radius 3 is 2.26 bits per heavy atom. The van der Waals surface area contributed by atoms with Crippen molar-refractivity contribution in [3.05, 3.63) is 53.6 Å². The summed E-state index contributed by atoms with van der Waals surface area (Å²) < 4.78 is 10.5. The van der Waals surface area contributed by atoms with Crippen molar-refractivity contribution in [2.75, 3.05) is 7.11 Å². The molecule has 23 heavy (non-hydrogen) atoms. The van der Waals surface area contributed by atoms with Crippen molar-refractivity contribution in [2.45, 2.75) is 26.4 Å². The predicted molar refractivity (Wildman–Crippen MR) is 88.3 cm³/mol. The van der Waals surface area contributed by atoms with Gasteiger partial charge in [-0.25, -0.2) is 4.79 Å². The van der Waals surface area contributed by atoms with Gasteiger partial charge in [-0.05, 0) is 62.2 Å². The van der Waals surface area contributed by atoms with Crippen LogP contribution in [0.15, 0.2) is 42.5 Å². The molecule has 0 fully saturated rings. The van der Waals surface area contributed by atoms with Crippen LogP contribution < -0.4 is 4.74 Å². The summed E-state index contributed by atoms with van der Waals surface area (Å²) in [5.74, 6) is 0.273. The number of nitriles is 1. The van der Waals surface area contributed by atoms with Crippen molar-refractivity contribution in [1.29, 1.82) is 5.26 Å². The molecule has 0 saturated heterocycles. The Bertz CT molecular complexity index is 750. The fraction of sp³-hybridized carbons (Fsp3) is 0.263. The van der Waals surface area contributed by atoms with Gasteiger partial charge in [-0.1, -0.05) is 12.1 Å². The first kappa shape index (κ1) is 16.6. The molecule has 4 nitrogen and oxygen atoms in total. The van der Waals surface area contributed by atoms with E-state index in [1.54, 1.807) is 31.4 Å². The van der Waals surface area contributed by atoms with E-state index >= 15 is 0 Å². The van der Waals surface area contributed by atoms with E-state index in [1.807, 2.05) is 39.0 Å². The van der Waals surface area contributed by atoms with Crippen molar-refractivity contribution < 1.29 is 14.3 Å². The van der Waals surface area contributed by atoms with Gasteiger partial charge in [0, 0.05) is 0 Å². The minimum atomic E-state index is -0.528. The summed E-state index contributed by atoms with van der Waals surface area (Å²) in [5, 5.41) is 9.29. The Labute approximate surface area is 136 Å². The van der Waals surface area contributed by atoms with Crippen LogP contribution in [0, 0.1) is 11.3 Å². The van der Waals surface area contributed by atoms with Crippen LogP contribution in [0.2, 0.25) is 0 Å². The number of hydrogen-bond donors (Lipinski definition) is 0. The molecule has 4 heteroatoms. The first-order valence-electron chi connectivity index (χ1n) is 7.26. The fourth-order valence-electron chi connectivity index (χ4n) is 2.12. The molecule has 0 heterocycles. The van der Waals surface area contributed by atoms with Crippen LogP contribution in [0.3, 0.4) is 0 Å². The van der Waals surface area contributed by atoms with Crippen LogP contribution in [0.4, 0.5) is 0 Å². The Balaban J connectivity index is 2.30. The van der Waals surface area contributed by atoms with Gasteiger partial charge in [-0.3, -0.25) is 0 Å². The second-order valence-electron chi connectivity index (χ2n) is 6.10. The first-order valence-corrected chi connectivity index (χ1v) is 7.26. The number of benzene rings is 2. The Morgan fingerprint density at radius 2 is 1.74 bits per heavy atom. The van der Waals surface area contributed by atoms with Gasteiger partial charge in [0.15, 0.2) is 0 Å². The topological polar surface area (TPSA) is 59.3 Å². The van der Waals surface area contributed by atoms with Crippen molar-refractivity contribution in [3.8, 4) is 22.9 Å². The molecule has 0 N–H and O–H groups in total. The van der Waals surface area contributed by atoms with Gasteiger partial charge in [0.05, 0.1) is 24.3 Å². The van der Waals surface area contributed by atoms with Gasteiger partial charge in [0.2, 0.25) is 0 Å². The van der Waals surface area contributed by atoms with Crippen molar-refractivity contribution in [3.63, 3.8) is 0 Å². The number of carbonyl (C=O) groups is 1. The molecule has 0 aliphatic carbocycles. The highest BCUT2D eigenvalue weighted by atomic mass is 16.6. The summed E-state index contributed by atoms with van der Waals surface area (Å²) in [7, 11) is 1.56. The second kappa shape index (κ2) is 6.53. The van der Waals surface area contributed by atoms with Crippen molar-refractivity contribution in [1.82, 2.24) is 0 Å². The zero-order valence-electron chi connectivity index (χ0n) is 13.7. The maximum Gasteiger partial charge on any atom is 0.338 e. The molecule has 0 bridgehead atoms. The van der Waals surface area contributed by atoms with Gasteiger partial charge in [0.25, 0.3) is 0 Å². The lowest BCUT2D eigenvalue weighted by Crippen LogP contribution is -2.23. The zero-order chi connectivity index (χ0) is 17.0. The molecule has 0 aliphatic rings. The highest BCUT2D eigenvalue weighted by Gasteiger charge is 2.18. The summed E-state index contributed by atoms with van der Waals surface area (Å²) >= 11 is 0. The van der Waals surface area contributed by atoms with E-state index in [-0.39, 0.29) is 5.97 Å². The van der Waals surface area contributed by atoms with Gasteiger partial charge < -0.3 is 9.47 Å². The van der Waals surface area contributed by atoms with Crippen molar-refractivity contribution in [2.24, 2.45) is 0 Å². The second-order valence-corrected chi connectivity index (χ2v) is 6.10. The summed E-state index contributed by atoms with van der Waals surface area (Å²) in [6, 6.07) is 14.5. The lowest BCUT2D eigenvalue weighted by molar-refractivity contribution is 0.00696. The molecule has 2 aromatic carbocycles. The predicted octanol–water partition coefficient (Wildman–Crippen LogP) is 4.19. The fourth-order valence-corrected chi connectivity index (χ4v) is 2.12. The number of ether oxygens (including phenoxy) is 2. The zero-order valence-corrected chi connectivity index (χ0v) is 13.7. The molecule has 0 radical (unpaired) electrons. The van der Waals surface area contributed by atoms with E-state index in [0.717, 1.165) is 11.1 Å². The number of carbonyl (C=O) groups excluding carboxylic acids is 1. The molecule has 0 amide bonds. The smallest absolute Gasteiger partial charge is 0.338 e. The average molecular weight is 309 g/mol. The van der Waals surface area contributed by atoms with Crippen LogP contribution >= 0.6 is 0 Å². The van der Waals surface area contributed by atoms with E-state index < -0.39 is 5.60 Å². The molecule has 0 spiro atoms. The number of nitrogens with zero attached hydrogens (tertiary/aromatic N) is 1. The molecule has 0 unspecified atom stereocenters. The van der Waals surface area contributed by atoms with Gasteiger partial charge in [-0.15, -0.1) is 0 Å². The van der Waals surface area contributed by atoms with Crippen LogP contribution in [-0.4, -0.2) is 18.7 Å². The lowest BCUT2D eigenvalue weighted by atomic mass is 9.99. The molecule has 2 rings (SSSR count). The van der Waals surface area contributed by atoms with E-state index in [9.17, 15) is 10.1 Å². The number of methoxy groups -OCH3 is 1. The lowest BCUT2D eigenvalue weighted by Gasteiger charge is -2.19. The molecule has 118 valence electrons. The molecule has 0 aliphatic heterocycles. The minimum absolute atomic E-state index is 0.362. The van der Waals surface area contributed by atoms with E-state index in [1.165, 1.54) is 0 Å². The Kier molecular flexibility index (Phi) is 4.71. The summed E-state index contributed by atoms with van der Waals surface area (Å²) in [4.78, 5) is 12.0. The van der Waals surface area contributed by atoms with E-state index in [0.29, 0.717) is 16.9 Å². The van der Waals surface area contributed by atoms with Gasteiger partial charge in [-0.2, -0.15) is 5.26 Å². The van der Waals surface area contributed by atoms with Crippen LogP contribution in [0.5, 0.6) is 5.75 Å². The van der Waals surface area contributed by atoms with Crippen molar-refractivity contribution >= 4 is 5.97 Å². The van der Waals surface area contributed by atoms with Gasteiger partial charge >= 0.3 is 5.97 Å². The van der Waals surface area contributed by atoms with Crippen LogP contribution in [0.1, 0.15) is 36.7 Å². The van der Waals surface area contributed by atoms with Gasteiger partial charge in [0.1, 0.15) is 11.4 Å². The monoisotopic (exact) mass is 309 g/mol. The Hall–Kier alpha value is -2.80. The molecular weight excluding hydrogens is 290 g/mol. The number of esters is 1. The summed E-state index contributed by atoms with van der Waals surface area (Å²) in [6.07, 6.45) is 0. The van der Waals surface area contributed by atoms with E-state index in [2.05, 4.69) is 6.07 Å². The number of hydrogen-bond acceptors (Lipinski definition) is 4.